The van der Waals surface area contributed by atoms with Gasteiger partial charge in [-0.1, -0.05) is 43.5 Å². The highest BCUT2D eigenvalue weighted by atomic mass is 35.5. The Kier molecular flexibility index (Phi) is 10.5. The van der Waals surface area contributed by atoms with Gasteiger partial charge in [-0.2, -0.15) is 0 Å². The second kappa shape index (κ2) is 14.0. The maximum absolute atomic E-state index is 14.1. The maximum atomic E-state index is 14.1. The number of sulfonamides is 1. The van der Waals surface area contributed by atoms with Crippen molar-refractivity contribution in [2.45, 2.75) is 62.6 Å². The fourth-order valence-electron chi connectivity index (χ4n) is 5.08. The van der Waals surface area contributed by atoms with Crippen LogP contribution in [0.15, 0.2) is 77.7 Å². The van der Waals surface area contributed by atoms with Gasteiger partial charge in [0.25, 0.3) is 10.0 Å². The second-order valence-corrected chi connectivity index (χ2v) is 12.5. The monoisotopic (exact) mass is 615 g/mol. The predicted molar refractivity (Wildman–Crippen MR) is 160 cm³/mol. The lowest BCUT2D eigenvalue weighted by Crippen LogP contribution is -2.53. The van der Waals surface area contributed by atoms with Gasteiger partial charge in [-0.15, -0.1) is 0 Å². The molecule has 1 aliphatic carbocycles. The third-order valence-corrected chi connectivity index (χ3v) is 9.43. The van der Waals surface area contributed by atoms with E-state index in [9.17, 15) is 22.4 Å². The van der Waals surface area contributed by atoms with E-state index in [0.29, 0.717) is 22.8 Å². The van der Waals surface area contributed by atoms with Gasteiger partial charge in [0.2, 0.25) is 11.8 Å². The van der Waals surface area contributed by atoms with Gasteiger partial charge in [-0.25, -0.2) is 12.8 Å². The van der Waals surface area contributed by atoms with Gasteiger partial charge in [0.1, 0.15) is 24.2 Å². The minimum Gasteiger partial charge on any atom is -0.497 e. The van der Waals surface area contributed by atoms with Crippen molar-refractivity contribution in [2.24, 2.45) is 0 Å². The Hall–Kier alpha value is -3.63. The summed E-state index contributed by atoms with van der Waals surface area (Å²) in [6.45, 7) is 1.21. The molecule has 0 heterocycles. The van der Waals surface area contributed by atoms with Crippen molar-refractivity contribution >= 4 is 39.1 Å². The Morgan fingerprint density at radius 1 is 1.00 bits per heavy atom. The third kappa shape index (κ3) is 7.60. The Morgan fingerprint density at radius 3 is 2.19 bits per heavy atom. The molecule has 1 fully saturated rings. The number of methoxy groups -OCH3 is 1. The molecule has 3 aromatic rings. The molecule has 0 aliphatic heterocycles. The molecule has 42 heavy (non-hydrogen) atoms. The number of carbonyl (C=O) groups excluding carboxylic acids is 2. The minimum absolute atomic E-state index is 0.00719. The average Bonchev–Trinajstić information content (AvgIpc) is 3.50. The van der Waals surface area contributed by atoms with E-state index in [0.717, 1.165) is 30.0 Å². The van der Waals surface area contributed by atoms with Gasteiger partial charge in [0.15, 0.2) is 0 Å². The first-order valence-electron chi connectivity index (χ1n) is 13.9. The number of carbonyl (C=O) groups is 2. The smallest absolute Gasteiger partial charge is 0.264 e. The summed E-state index contributed by atoms with van der Waals surface area (Å²) in [5, 5.41) is 3.47. The van der Waals surface area contributed by atoms with E-state index in [2.05, 4.69) is 5.32 Å². The summed E-state index contributed by atoms with van der Waals surface area (Å²) in [6.07, 6.45) is 4.10. The van der Waals surface area contributed by atoms with Crippen molar-refractivity contribution in [1.82, 2.24) is 10.2 Å². The van der Waals surface area contributed by atoms with Crippen LogP contribution in [0.4, 0.5) is 10.1 Å². The summed E-state index contributed by atoms with van der Waals surface area (Å²) in [5.74, 6) is -0.828. The summed E-state index contributed by atoms with van der Waals surface area (Å²) < 4.78 is 47.7. The summed E-state index contributed by atoms with van der Waals surface area (Å²) in [4.78, 5) is 28.9. The molecule has 2 amide bonds. The maximum Gasteiger partial charge on any atom is 0.264 e. The number of anilines is 1. The van der Waals surface area contributed by atoms with Crippen LogP contribution in [0.25, 0.3) is 0 Å². The van der Waals surface area contributed by atoms with Gasteiger partial charge in [-0.05, 0) is 85.5 Å². The molecular formula is C31H35ClFN3O5S. The number of hydrogen-bond acceptors (Lipinski definition) is 5. The molecule has 1 atom stereocenters. The lowest BCUT2D eigenvalue weighted by Gasteiger charge is -2.33. The van der Waals surface area contributed by atoms with Crippen LogP contribution in [0.1, 0.15) is 44.6 Å². The number of rotatable bonds is 12. The van der Waals surface area contributed by atoms with Crippen LogP contribution in [0, 0.1) is 5.82 Å². The molecule has 1 N–H and O–H groups in total. The molecule has 3 aromatic carbocycles. The Labute approximate surface area is 251 Å². The predicted octanol–water partition coefficient (Wildman–Crippen LogP) is 5.55. The lowest BCUT2D eigenvalue weighted by atomic mass is 10.1. The number of amides is 2. The molecule has 1 aliphatic rings. The molecule has 0 spiro atoms. The molecule has 224 valence electrons. The highest BCUT2D eigenvalue weighted by Crippen LogP contribution is 2.27. The SMILES string of the molecule is CC[C@@H](C(=O)NC1CCCC1)N(Cc1ccc(F)cc1)C(=O)CN(c1ccc(Cl)cc1)S(=O)(=O)c1ccc(OC)cc1. The van der Waals surface area contributed by atoms with Crippen LogP contribution in [0.5, 0.6) is 5.75 Å². The third-order valence-electron chi connectivity index (χ3n) is 7.39. The Bertz CT molecular complexity index is 1460. The Balaban J connectivity index is 1.70. The molecule has 0 saturated heterocycles. The summed E-state index contributed by atoms with van der Waals surface area (Å²) >= 11 is 6.08. The van der Waals surface area contributed by atoms with Crippen molar-refractivity contribution < 1.29 is 27.1 Å². The van der Waals surface area contributed by atoms with E-state index in [1.165, 1.54) is 72.7 Å². The van der Waals surface area contributed by atoms with Crippen LogP contribution in [-0.4, -0.2) is 50.9 Å². The van der Waals surface area contributed by atoms with Crippen molar-refractivity contribution in [3.63, 3.8) is 0 Å². The lowest BCUT2D eigenvalue weighted by molar-refractivity contribution is -0.140. The number of halogens is 2. The van der Waals surface area contributed by atoms with E-state index in [1.807, 2.05) is 0 Å². The van der Waals surface area contributed by atoms with Crippen LogP contribution in [0.2, 0.25) is 5.02 Å². The summed E-state index contributed by atoms with van der Waals surface area (Å²) in [7, 11) is -2.76. The topological polar surface area (TPSA) is 96.0 Å². The van der Waals surface area contributed by atoms with E-state index >= 15 is 0 Å². The molecule has 0 unspecified atom stereocenters. The molecule has 0 aromatic heterocycles. The van der Waals surface area contributed by atoms with Crippen LogP contribution < -0.4 is 14.4 Å². The van der Waals surface area contributed by atoms with Crippen molar-refractivity contribution in [2.75, 3.05) is 18.0 Å². The fraction of sp³-hybridized carbons (Fsp3) is 0.355. The van der Waals surface area contributed by atoms with Gasteiger partial charge in [-0.3, -0.25) is 13.9 Å². The molecule has 0 bridgehead atoms. The second-order valence-electron chi connectivity index (χ2n) is 10.2. The molecular weight excluding hydrogens is 581 g/mol. The summed E-state index contributed by atoms with van der Waals surface area (Å²) in [5.41, 5.74) is 0.835. The zero-order valence-corrected chi connectivity index (χ0v) is 25.2. The molecule has 8 nitrogen and oxygen atoms in total. The standard InChI is InChI=1S/C31H35ClFN3O5S/c1-3-29(31(38)34-25-6-4-5-7-25)35(20-22-8-12-24(33)13-9-22)30(37)21-36(26-14-10-23(32)11-15-26)42(39,40)28-18-16-27(41-2)17-19-28/h8-19,25,29H,3-7,20-21H2,1-2H3,(H,34,38)/t29-/m0/s1. The van der Waals surface area contributed by atoms with E-state index in [1.54, 1.807) is 19.1 Å². The molecule has 0 radical (unpaired) electrons. The van der Waals surface area contributed by atoms with Crippen LogP contribution in [0.3, 0.4) is 0 Å². The number of ether oxygens (including phenoxy) is 1. The van der Waals surface area contributed by atoms with Gasteiger partial charge in [0, 0.05) is 17.6 Å². The first-order valence-corrected chi connectivity index (χ1v) is 15.7. The quantitative estimate of drug-likeness (QED) is 0.288. The van der Waals surface area contributed by atoms with Crippen LogP contribution >= 0.6 is 11.6 Å². The molecule has 4 rings (SSSR count). The largest absolute Gasteiger partial charge is 0.497 e. The zero-order chi connectivity index (χ0) is 30.3. The highest BCUT2D eigenvalue weighted by molar-refractivity contribution is 7.92. The normalized spacial score (nSPS) is 14.3. The minimum atomic E-state index is -4.23. The zero-order valence-electron chi connectivity index (χ0n) is 23.6. The van der Waals surface area contributed by atoms with Crippen molar-refractivity contribution in [3.8, 4) is 5.75 Å². The van der Waals surface area contributed by atoms with E-state index in [4.69, 9.17) is 16.3 Å². The molecule has 1 saturated carbocycles. The summed E-state index contributed by atoms with van der Waals surface area (Å²) in [6, 6.07) is 16.8. The van der Waals surface area contributed by atoms with Gasteiger partial charge >= 0.3 is 0 Å². The van der Waals surface area contributed by atoms with Crippen molar-refractivity contribution in [1.29, 1.82) is 0 Å². The van der Waals surface area contributed by atoms with E-state index < -0.39 is 34.3 Å². The first kappa shape index (κ1) is 31.3. The average molecular weight is 616 g/mol. The first-order chi connectivity index (χ1) is 20.1. The number of hydrogen-bond donors (Lipinski definition) is 1. The molecule has 11 heteroatoms. The van der Waals surface area contributed by atoms with Gasteiger partial charge < -0.3 is 15.0 Å². The van der Waals surface area contributed by atoms with E-state index in [-0.39, 0.29) is 29.1 Å². The fourth-order valence-corrected chi connectivity index (χ4v) is 6.62. The van der Waals surface area contributed by atoms with Crippen molar-refractivity contribution in [3.05, 3.63) is 89.2 Å². The Morgan fingerprint density at radius 2 is 1.62 bits per heavy atom. The number of nitrogens with zero attached hydrogens (tertiary/aromatic N) is 2. The number of nitrogens with one attached hydrogen (secondary N) is 1. The van der Waals surface area contributed by atoms with Crippen LogP contribution in [-0.2, 0) is 26.2 Å². The highest BCUT2D eigenvalue weighted by Gasteiger charge is 2.34. The number of benzene rings is 3. The van der Waals surface area contributed by atoms with Gasteiger partial charge in [0.05, 0.1) is 17.7 Å².